The molecule has 0 spiro atoms. The van der Waals surface area contributed by atoms with E-state index in [1.54, 1.807) is 11.0 Å². The molecule has 9 heteroatoms. The molecule has 1 aromatic carbocycles. The van der Waals surface area contributed by atoms with Crippen LogP contribution in [0.15, 0.2) is 18.2 Å². The fourth-order valence-corrected chi connectivity index (χ4v) is 3.12. The number of carbonyl (C=O) groups is 3. The van der Waals surface area contributed by atoms with Crippen LogP contribution in [0.5, 0.6) is 0 Å². The maximum Gasteiger partial charge on any atom is 0.320 e. The van der Waals surface area contributed by atoms with Crippen molar-refractivity contribution < 1.29 is 23.9 Å². The van der Waals surface area contributed by atoms with Crippen LogP contribution in [0, 0.1) is 5.82 Å². The van der Waals surface area contributed by atoms with Gasteiger partial charge in [-0.15, -0.1) is 0 Å². The van der Waals surface area contributed by atoms with Crippen molar-refractivity contribution in [1.29, 1.82) is 0 Å². The van der Waals surface area contributed by atoms with E-state index in [2.05, 4.69) is 5.32 Å². The van der Waals surface area contributed by atoms with Crippen molar-refractivity contribution in [2.24, 2.45) is 0 Å². The monoisotopic (exact) mass is 385 g/mol. The summed E-state index contributed by atoms with van der Waals surface area (Å²) in [5.74, 6) is -2.22. The summed E-state index contributed by atoms with van der Waals surface area (Å²) in [6.45, 7) is 3.64. The molecule has 1 aliphatic rings. The minimum absolute atomic E-state index is 0.0339. The second-order valence-electron chi connectivity index (χ2n) is 6.13. The van der Waals surface area contributed by atoms with Gasteiger partial charge in [0.2, 0.25) is 11.8 Å². The highest BCUT2D eigenvalue weighted by Gasteiger charge is 2.40. The van der Waals surface area contributed by atoms with Crippen molar-refractivity contribution in [1.82, 2.24) is 10.2 Å². The van der Waals surface area contributed by atoms with Crippen molar-refractivity contribution in [2.75, 3.05) is 24.5 Å². The zero-order valence-corrected chi connectivity index (χ0v) is 15.3. The van der Waals surface area contributed by atoms with E-state index in [4.69, 9.17) is 11.6 Å². The van der Waals surface area contributed by atoms with Crippen LogP contribution in [-0.2, 0) is 14.4 Å². The summed E-state index contributed by atoms with van der Waals surface area (Å²) in [6.07, 6.45) is 0.404. The molecule has 1 heterocycles. The third-order valence-electron chi connectivity index (χ3n) is 4.39. The van der Waals surface area contributed by atoms with E-state index in [0.717, 1.165) is 0 Å². The number of rotatable bonds is 7. The van der Waals surface area contributed by atoms with Gasteiger partial charge in [-0.05, 0) is 31.5 Å². The van der Waals surface area contributed by atoms with Crippen molar-refractivity contribution in [3.05, 3.63) is 29.0 Å². The Bertz CT molecular complexity index is 715. The molecule has 142 valence electrons. The molecule has 2 atom stereocenters. The summed E-state index contributed by atoms with van der Waals surface area (Å²) in [7, 11) is 0. The van der Waals surface area contributed by atoms with E-state index in [9.17, 15) is 23.9 Å². The number of carboxylic acids is 1. The van der Waals surface area contributed by atoms with E-state index >= 15 is 0 Å². The maximum absolute atomic E-state index is 13.7. The molecule has 2 unspecified atom stereocenters. The summed E-state index contributed by atoms with van der Waals surface area (Å²) in [4.78, 5) is 38.2. The van der Waals surface area contributed by atoms with Gasteiger partial charge < -0.3 is 15.3 Å². The predicted molar refractivity (Wildman–Crippen MR) is 94.7 cm³/mol. The number of halogens is 2. The highest BCUT2D eigenvalue weighted by molar-refractivity contribution is 6.30. The molecule has 0 saturated carbocycles. The third-order valence-corrected chi connectivity index (χ3v) is 4.70. The van der Waals surface area contributed by atoms with Crippen molar-refractivity contribution >= 4 is 35.1 Å². The van der Waals surface area contributed by atoms with E-state index in [1.807, 2.05) is 0 Å². The molecule has 2 N–H and O–H groups in total. The molecule has 0 aromatic heterocycles. The molecule has 0 radical (unpaired) electrons. The lowest BCUT2D eigenvalue weighted by atomic mass is 10.1. The van der Waals surface area contributed by atoms with E-state index in [0.29, 0.717) is 18.7 Å². The van der Waals surface area contributed by atoms with Gasteiger partial charge in [0.05, 0.1) is 11.1 Å². The first-order chi connectivity index (χ1) is 12.2. The second-order valence-corrected chi connectivity index (χ2v) is 6.53. The number of anilines is 1. The Labute approximate surface area is 155 Å². The van der Waals surface area contributed by atoms with E-state index in [1.165, 1.54) is 30.9 Å². The first-order valence-electron chi connectivity index (χ1n) is 8.21. The van der Waals surface area contributed by atoms with Crippen LogP contribution in [0.1, 0.15) is 20.3 Å². The summed E-state index contributed by atoms with van der Waals surface area (Å²) in [6, 6.07) is 2.55. The molecule has 0 aliphatic carbocycles. The highest BCUT2D eigenvalue weighted by atomic mass is 35.5. The SMILES string of the molecule is CC(=O)NCCN(C(C)C(=O)O)C1CCN(c2ccc(Cl)c(F)c2)C1=O. The largest absolute Gasteiger partial charge is 0.480 e. The topological polar surface area (TPSA) is 89.9 Å². The normalized spacial score (nSPS) is 18.3. The van der Waals surface area contributed by atoms with Gasteiger partial charge in [-0.3, -0.25) is 19.3 Å². The molecule has 26 heavy (non-hydrogen) atoms. The lowest BCUT2D eigenvalue weighted by Crippen LogP contribution is -2.51. The number of benzene rings is 1. The standard InChI is InChI=1S/C17H21ClFN3O4/c1-10(17(25)26)21(8-6-20-11(2)23)15-5-7-22(16(15)24)12-3-4-13(18)14(19)9-12/h3-4,9-10,15H,5-8H2,1-2H3,(H,20,23)(H,25,26). The Morgan fingerprint density at radius 2 is 2.19 bits per heavy atom. The van der Waals surface area contributed by atoms with Crippen LogP contribution in [0.25, 0.3) is 0 Å². The van der Waals surface area contributed by atoms with Crippen LogP contribution in [0.4, 0.5) is 10.1 Å². The molecule has 1 saturated heterocycles. The maximum atomic E-state index is 13.7. The lowest BCUT2D eigenvalue weighted by Gasteiger charge is -2.31. The summed E-state index contributed by atoms with van der Waals surface area (Å²) >= 11 is 5.68. The molecule has 7 nitrogen and oxygen atoms in total. The zero-order chi connectivity index (χ0) is 19.4. The Morgan fingerprint density at radius 3 is 2.77 bits per heavy atom. The van der Waals surface area contributed by atoms with Crippen LogP contribution in [-0.4, -0.2) is 59.5 Å². The Morgan fingerprint density at radius 1 is 1.50 bits per heavy atom. The van der Waals surface area contributed by atoms with E-state index in [-0.39, 0.29) is 29.9 Å². The number of carbonyl (C=O) groups excluding carboxylic acids is 2. The molecule has 1 aliphatic heterocycles. The predicted octanol–water partition coefficient (Wildman–Crippen LogP) is 1.50. The number of amides is 2. The van der Waals surface area contributed by atoms with Crippen molar-refractivity contribution in [3.8, 4) is 0 Å². The van der Waals surface area contributed by atoms with Crippen LogP contribution in [0.2, 0.25) is 5.02 Å². The molecule has 1 aromatic rings. The van der Waals surface area contributed by atoms with Gasteiger partial charge in [-0.1, -0.05) is 11.6 Å². The van der Waals surface area contributed by atoms with Gasteiger partial charge in [-0.2, -0.15) is 0 Å². The van der Waals surface area contributed by atoms with Crippen LogP contribution >= 0.6 is 11.6 Å². The van der Waals surface area contributed by atoms with Crippen LogP contribution in [0.3, 0.4) is 0 Å². The lowest BCUT2D eigenvalue weighted by molar-refractivity contribution is -0.144. The number of aliphatic carboxylic acids is 1. The second kappa shape index (κ2) is 8.46. The summed E-state index contributed by atoms with van der Waals surface area (Å²) in [5, 5.41) is 11.9. The van der Waals surface area contributed by atoms with Gasteiger partial charge in [0.1, 0.15) is 11.9 Å². The molecule has 2 rings (SSSR count). The third kappa shape index (κ3) is 4.50. The number of nitrogens with one attached hydrogen (secondary N) is 1. The number of hydrogen-bond acceptors (Lipinski definition) is 4. The fourth-order valence-electron chi connectivity index (χ4n) is 3.00. The minimum Gasteiger partial charge on any atom is -0.480 e. The summed E-state index contributed by atoms with van der Waals surface area (Å²) < 4.78 is 13.7. The quantitative estimate of drug-likeness (QED) is 0.742. The average molecular weight is 386 g/mol. The Balaban J connectivity index is 2.18. The first kappa shape index (κ1) is 20.1. The zero-order valence-electron chi connectivity index (χ0n) is 14.5. The average Bonchev–Trinajstić information content (AvgIpc) is 2.94. The minimum atomic E-state index is -1.06. The van der Waals surface area contributed by atoms with Crippen LogP contribution < -0.4 is 10.2 Å². The van der Waals surface area contributed by atoms with Gasteiger partial charge in [0.25, 0.3) is 0 Å². The Hall–Kier alpha value is -2.19. The van der Waals surface area contributed by atoms with Gasteiger partial charge in [0, 0.05) is 32.2 Å². The molecule has 0 bridgehead atoms. The van der Waals surface area contributed by atoms with Gasteiger partial charge in [0.15, 0.2) is 0 Å². The van der Waals surface area contributed by atoms with Crippen molar-refractivity contribution in [2.45, 2.75) is 32.4 Å². The smallest absolute Gasteiger partial charge is 0.320 e. The number of carboxylic acid groups (broad SMARTS) is 1. The fraction of sp³-hybridized carbons (Fsp3) is 0.471. The molecular formula is C17H21ClFN3O4. The van der Waals surface area contributed by atoms with E-state index < -0.39 is 23.9 Å². The Kier molecular flexibility index (Phi) is 6.55. The first-order valence-corrected chi connectivity index (χ1v) is 8.59. The number of hydrogen-bond donors (Lipinski definition) is 2. The van der Waals surface area contributed by atoms with Gasteiger partial charge in [-0.25, -0.2) is 4.39 Å². The highest BCUT2D eigenvalue weighted by Crippen LogP contribution is 2.28. The van der Waals surface area contributed by atoms with Gasteiger partial charge >= 0.3 is 5.97 Å². The number of nitrogens with zero attached hydrogens (tertiary/aromatic N) is 2. The molecule has 1 fully saturated rings. The van der Waals surface area contributed by atoms with Crippen molar-refractivity contribution in [3.63, 3.8) is 0 Å². The molecular weight excluding hydrogens is 365 g/mol. The summed E-state index contributed by atoms with van der Waals surface area (Å²) in [5.41, 5.74) is 0.379. The molecule has 2 amide bonds.